The van der Waals surface area contributed by atoms with Crippen LogP contribution in [0, 0.1) is 5.82 Å². The topological polar surface area (TPSA) is 47.8 Å². The minimum atomic E-state index is -0.600. The third-order valence-electron chi connectivity index (χ3n) is 2.91. The number of benzene rings is 1. The molecule has 0 aliphatic carbocycles. The van der Waals surface area contributed by atoms with Crippen molar-refractivity contribution in [1.82, 2.24) is 14.5 Å². The molecule has 0 unspecified atom stereocenters. The summed E-state index contributed by atoms with van der Waals surface area (Å²) in [6.07, 6.45) is 4.03. The molecule has 5 heteroatoms. The van der Waals surface area contributed by atoms with Gasteiger partial charge in [-0.2, -0.15) is 0 Å². The molecular formula is C14H10FN3O. The summed E-state index contributed by atoms with van der Waals surface area (Å²) in [6, 6.07) is 8.88. The van der Waals surface area contributed by atoms with E-state index in [1.165, 1.54) is 12.3 Å². The number of ketones is 1. The highest BCUT2D eigenvalue weighted by molar-refractivity contribution is 5.96. The van der Waals surface area contributed by atoms with Crippen LogP contribution in [0.3, 0.4) is 0 Å². The number of Topliss-reactive ketones (excluding diaryl/α,β-unsaturated/α-hetero) is 1. The average Bonchev–Trinajstić information content (AvgIpc) is 2.83. The van der Waals surface area contributed by atoms with E-state index in [0.717, 1.165) is 17.2 Å². The normalized spacial score (nSPS) is 10.8. The molecule has 3 aromatic rings. The Morgan fingerprint density at radius 1 is 1.26 bits per heavy atom. The van der Waals surface area contributed by atoms with Gasteiger partial charge in [0.2, 0.25) is 0 Å². The molecule has 0 aliphatic rings. The summed E-state index contributed by atoms with van der Waals surface area (Å²) in [5.74, 6) is -0.903. The van der Waals surface area contributed by atoms with E-state index in [4.69, 9.17) is 0 Å². The van der Waals surface area contributed by atoms with E-state index < -0.39 is 5.82 Å². The van der Waals surface area contributed by atoms with Crippen molar-refractivity contribution in [1.29, 1.82) is 0 Å². The number of hydrogen-bond acceptors (Lipinski definition) is 3. The zero-order chi connectivity index (χ0) is 13.2. The summed E-state index contributed by atoms with van der Waals surface area (Å²) in [4.78, 5) is 19.9. The number of fused-ring (bicyclic) bond motifs is 1. The van der Waals surface area contributed by atoms with Crippen LogP contribution in [0.2, 0.25) is 0 Å². The van der Waals surface area contributed by atoms with Crippen LogP contribution in [0.5, 0.6) is 0 Å². The summed E-state index contributed by atoms with van der Waals surface area (Å²) in [5.41, 5.74) is 1.71. The van der Waals surface area contributed by atoms with E-state index in [1.54, 1.807) is 10.9 Å². The smallest absolute Gasteiger partial charge is 0.185 e. The van der Waals surface area contributed by atoms with Gasteiger partial charge in [0, 0.05) is 6.20 Å². The lowest BCUT2D eigenvalue weighted by atomic mass is 10.1. The van der Waals surface area contributed by atoms with E-state index >= 15 is 0 Å². The Hall–Kier alpha value is -2.56. The first-order chi connectivity index (χ1) is 9.25. The molecule has 0 N–H and O–H groups in total. The number of hydrogen-bond donors (Lipinski definition) is 0. The molecule has 94 valence electrons. The quantitative estimate of drug-likeness (QED) is 0.675. The van der Waals surface area contributed by atoms with Gasteiger partial charge in [-0.1, -0.05) is 12.1 Å². The van der Waals surface area contributed by atoms with Crippen LogP contribution in [0.4, 0.5) is 4.39 Å². The molecule has 0 bridgehead atoms. The maximum Gasteiger partial charge on any atom is 0.185 e. The number of carbonyl (C=O) groups is 1. The first-order valence-corrected chi connectivity index (χ1v) is 5.78. The van der Waals surface area contributed by atoms with E-state index in [-0.39, 0.29) is 17.9 Å². The van der Waals surface area contributed by atoms with Gasteiger partial charge in [0.05, 0.1) is 35.7 Å². The van der Waals surface area contributed by atoms with Gasteiger partial charge < -0.3 is 4.57 Å². The molecule has 3 rings (SSSR count). The third kappa shape index (κ3) is 2.10. The van der Waals surface area contributed by atoms with Gasteiger partial charge in [-0.25, -0.2) is 9.37 Å². The summed E-state index contributed by atoms with van der Waals surface area (Å²) in [7, 11) is 0. The predicted molar refractivity (Wildman–Crippen MR) is 68.3 cm³/mol. The fourth-order valence-corrected chi connectivity index (χ4v) is 1.98. The highest BCUT2D eigenvalue weighted by Gasteiger charge is 2.13. The first kappa shape index (κ1) is 11.5. The number of nitrogens with zero attached hydrogens (tertiary/aromatic N) is 3. The first-order valence-electron chi connectivity index (χ1n) is 5.78. The lowest BCUT2D eigenvalue weighted by Gasteiger charge is -2.04. The molecule has 1 aromatic carbocycles. The fraction of sp³-hybridized carbons (Fsp3) is 0.0714. The minimum Gasteiger partial charge on any atom is -0.323 e. The zero-order valence-electron chi connectivity index (χ0n) is 9.95. The monoisotopic (exact) mass is 255 g/mol. The maximum atomic E-state index is 13.5. The Labute approximate surface area is 108 Å². The maximum absolute atomic E-state index is 13.5. The van der Waals surface area contributed by atoms with Crippen molar-refractivity contribution in [2.75, 3.05) is 0 Å². The van der Waals surface area contributed by atoms with Crippen LogP contribution in [-0.2, 0) is 6.54 Å². The highest BCUT2D eigenvalue weighted by atomic mass is 19.1. The molecular weight excluding hydrogens is 245 g/mol. The fourth-order valence-electron chi connectivity index (χ4n) is 1.98. The number of rotatable bonds is 3. The van der Waals surface area contributed by atoms with Crippen LogP contribution in [0.1, 0.15) is 10.4 Å². The second-order valence-electron chi connectivity index (χ2n) is 4.14. The standard InChI is InChI=1S/C14H10FN3O/c15-11-7-16-6-5-10(11)14(19)8-18-9-17-12-3-1-2-4-13(12)18/h1-7,9H,8H2. The van der Waals surface area contributed by atoms with Crippen molar-refractivity contribution < 1.29 is 9.18 Å². The van der Waals surface area contributed by atoms with Crippen LogP contribution >= 0.6 is 0 Å². The Morgan fingerprint density at radius 3 is 2.95 bits per heavy atom. The van der Waals surface area contributed by atoms with Gasteiger partial charge in [0.1, 0.15) is 0 Å². The van der Waals surface area contributed by atoms with Crippen molar-refractivity contribution in [3.8, 4) is 0 Å². The summed E-state index contributed by atoms with van der Waals surface area (Å²) < 4.78 is 15.2. The predicted octanol–water partition coefficient (Wildman–Crippen LogP) is 2.45. The number of carbonyl (C=O) groups excluding carboxylic acids is 1. The second-order valence-corrected chi connectivity index (χ2v) is 4.14. The molecule has 0 saturated heterocycles. The van der Waals surface area contributed by atoms with Crippen LogP contribution in [-0.4, -0.2) is 20.3 Å². The van der Waals surface area contributed by atoms with E-state index in [0.29, 0.717) is 0 Å². The molecule has 0 atom stereocenters. The van der Waals surface area contributed by atoms with Crippen LogP contribution in [0.25, 0.3) is 11.0 Å². The molecule has 0 spiro atoms. The Bertz CT molecular complexity index is 751. The van der Waals surface area contributed by atoms with E-state index in [1.807, 2.05) is 24.3 Å². The van der Waals surface area contributed by atoms with Crippen LogP contribution < -0.4 is 0 Å². The lowest BCUT2D eigenvalue weighted by molar-refractivity contribution is 0.0969. The van der Waals surface area contributed by atoms with E-state index in [9.17, 15) is 9.18 Å². The minimum absolute atomic E-state index is 0.0489. The van der Waals surface area contributed by atoms with Crippen LogP contribution in [0.15, 0.2) is 49.1 Å². The summed E-state index contributed by atoms with van der Waals surface area (Å²) in [5, 5.41) is 0. The van der Waals surface area contributed by atoms with Gasteiger partial charge in [0.15, 0.2) is 11.6 Å². The molecule has 0 radical (unpaired) electrons. The summed E-state index contributed by atoms with van der Waals surface area (Å²) in [6.45, 7) is 0.0570. The number of halogens is 1. The number of aromatic nitrogens is 3. The zero-order valence-corrected chi connectivity index (χ0v) is 9.95. The molecule has 0 saturated carbocycles. The van der Waals surface area contributed by atoms with Gasteiger partial charge >= 0.3 is 0 Å². The van der Waals surface area contributed by atoms with Crippen molar-refractivity contribution in [2.45, 2.75) is 6.54 Å². The van der Waals surface area contributed by atoms with Crippen molar-refractivity contribution >= 4 is 16.8 Å². The molecule has 0 aliphatic heterocycles. The number of para-hydroxylation sites is 2. The molecule has 0 amide bonds. The van der Waals surface area contributed by atoms with E-state index in [2.05, 4.69) is 9.97 Å². The molecule has 4 nitrogen and oxygen atoms in total. The Kier molecular flexibility index (Phi) is 2.79. The molecule has 2 aromatic heterocycles. The lowest BCUT2D eigenvalue weighted by Crippen LogP contribution is -2.11. The third-order valence-corrected chi connectivity index (χ3v) is 2.91. The Morgan fingerprint density at radius 2 is 2.11 bits per heavy atom. The molecule has 0 fully saturated rings. The van der Waals surface area contributed by atoms with Gasteiger partial charge in [-0.15, -0.1) is 0 Å². The molecule has 19 heavy (non-hydrogen) atoms. The number of pyridine rings is 1. The molecule has 2 heterocycles. The van der Waals surface area contributed by atoms with Gasteiger partial charge in [-0.3, -0.25) is 9.78 Å². The van der Waals surface area contributed by atoms with Gasteiger partial charge in [-0.05, 0) is 18.2 Å². The Balaban J connectivity index is 1.94. The van der Waals surface area contributed by atoms with Crippen molar-refractivity contribution in [2.24, 2.45) is 0 Å². The van der Waals surface area contributed by atoms with Crippen molar-refractivity contribution in [3.05, 3.63) is 60.4 Å². The largest absolute Gasteiger partial charge is 0.323 e. The second kappa shape index (κ2) is 4.61. The highest BCUT2D eigenvalue weighted by Crippen LogP contribution is 2.13. The average molecular weight is 255 g/mol. The van der Waals surface area contributed by atoms with Gasteiger partial charge in [0.25, 0.3) is 0 Å². The SMILES string of the molecule is O=C(Cn1cnc2ccccc21)c1ccncc1F. The van der Waals surface area contributed by atoms with Crippen molar-refractivity contribution in [3.63, 3.8) is 0 Å². The summed E-state index contributed by atoms with van der Waals surface area (Å²) >= 11 is 0. The number of imidazole rings is 1.